The molecule has 5 heterocycles. The summed E-state index contributed by atoms with van der Waals surface area (Å²) in [4.78, 5) is 22.8. The smallest absolute Gasteiger partial charge is 0.328 e. The van der Waals surface area contributed by atoms with Crippen LogP contribution in [0.15, 0.2) is 102 Å². The largest absolute Gasteiger partial charge is 0.339 e. The first kappa shape index (κ1) is 79.4. The Hall–Kier alpha value is -7.61. The molecule has 4 saturated carbocycles. The van der Waals surface area contributed by atoms with Gasteiger partial charge in [-0.25, -0.2) is 57.0 Å². The number of ketones is 1. The van der Waals surface area contributed by atoms with Crippen LogP contribution < -0.4 is 5.73 Å². The highest BCUT2D eigenvalue weighted by Crippen LogP contribution is 2.55. The van der Waals surface area contributed by atoms with Crippen molar-refractivity contribution in [1.82, 2.24) is 39.1 Å². The maximum Gasteiger partial charge on any atom is 0.339 e. The van der Waals surface area contributed by atoms with Crippen LogP contribution in [-0.4, -0.2) is 89.2 Å². The number of hydrogen-bond acceptors (Lipinski definition) is 7. The minimum Gasteiger partial charge on any atom is -0.328 e. The van der Waals surface area contributed by atoms with Crippen molar-refractivity contribution in [3.8, 4) is 45.0 Å². The van der Waals surface area contributed by atoms with Crippen molar-refractivity contribution in [2.24, 2.45) is 10.7 Å². The number of alkyl halides is 7. The van der Waals surface area contributed by atoms with Gasteiger partial charge in [0.15, 0.2) is 5.78 Å². The van der Waals surface area contributed by atoms with Crippen LogP contribution in [-0.2, 0) is 27.2 Å². The fraction of sp³-hybridized carbons (Fsp3) is 0.429. The highest BCUT2D eigenvalue weighted by molar-refractivity contribution is 6.32. The zero-order chi connectivity index (χ0) is 69.7. The third-order valence-electron chi connectivity index (χ3n) is 17.1. The Morgan fingerprint density at radius 2 is 0.796 bits per heavy atom. The van der Waals surface area contributed by atoms with Gasteiger partial charge in [0, 0.05) is 77.8 Å². The lowest BCUT2D eigenvalue weighted by atomic mass is 9.73. The summed E-state index contributed by atoms with van der Waals surface area (Å²) in [6.45, 7) is 27.0. The van der Waals surface area contributed by atoms with Gasteiger partial charge in [-0.2, -0.15) is 29.8 Å². The summed E-state index contributed by atoms with van der Waals surface area (Å²) in [6.07, 6.45) is -0.246. The monoisotopic (exact) mass is 1450 g/mol. The van der Waals surface area contributed by atoms with Crippen LogP contribution in [0.3, 0.4) is 0 Å². The molecule has 0 bridgehead atoms. The van der Waals surface area contributed by atoms with Crippen LogP contribution in [0, 0.1) is 36.4 Å². The molecule has 4 fully saturated rings. The Kier molecular flexibility index (Phi) is 24.4. The van der Waals surface area contributed by atoms with Gasteiger partial charge in [0.2, 0.25) is 0 Å². The van der Waals surface area contributed by atoms with Crippen LogP contribution >= 0.6 is 46.4 Å². The Bertz CT molecular complexity index is 4300. The van der Waals surface area contributed by atoms with E-state index in [4.69, 9.17) is 65.3 Å². The number of halogens is 15. The normalized spacial score (nSPS) is 17.6. The molecular formula is C70H75Cl4F11N12O. The van der Waals surface area contributed by atoms with Crippen LogP contribution in [0.25, 0.3) is 54.7 Å². The van der Waals surface area contributed by atoms with Gasteiger partial charge in [-0.1, -0.05) is 110 Å². The molecule has 13 nitrogen and oxygen atoms in total. The topological polar surface area (TPSA) is 135 Å². The molecule has 28 heteroatoms. The first-order chi connectivity index (χ1) is 44.6. The van der Waals surface area contributed by atoms with Crippen molar-refractivity contribution in [3.63, 3.8) is 0 Å². The quantitative estimate of drug-likeness (QED) is 0.101. The minimum absolute atomic E-state index is 0. The number of nitrogens with zero attached hydrogens (tertiary/aromatic N) is 11. The summed E-state index contributed by atoms with van der Waals surface area (Å²) < 4.78 is 150. The lowest BCUT2D eigenvalue weighted by Gasteiger charge is -2.48. The fourth-order valence-corrected chi connectivity index (χ4v) is 13.0. The number of fused-ring (bicyclic) bond motifs is 2. The van der Waals surface area contributed by atoms with Crippen LogP contribution in [0.5, 0.6) is 0 Å². The maximum atomic E-state index is 13.5. The third-order valence-corrected chi connectivity index (χ3v) is 18.2. The fourth-order valence-electron chi connectivity index (χ4n) is 12.3. The summed E-state index contributed by atoms with van der Waals surface area (Å²) >= 11 is 23.3. The number of benzene rings is 4. The maximum absolute atomic E-state index is 13.5. The number of aliphatic imine (C=N–C) groups is 1. The van der Waals surface area contributed by atoms with Gasteiger partial charge in [0.25, 0.3) is 17.8 Å². The predicted molar refractivity (Wildman–Crippen MR) is 363 cm³/mol. The Balaban J connectivity index is 0.000000202. The van der Waals surface area contributed by atoms with Gasteiger partial charge >= 0.3 is 11.3 Å². The number of rotatable bonds is 11. The number of aromatic nitrogens is 8. The van der Waals surface area contributed by atoms with Gasteiger partial charge in [-0.05, 0) is 115 Å². The number of carbonyl (C=O) groups excluding carboxylic acids is 1. The summed E-state index contributed by atoms with van der Waals surface area (Å²) in [7, 11) is 0.500. The van der Waals surface area contributed by atoms with E-state index in [1.54, 1.807) is 50.6 Å². The molecule has 98 heavy (non-hydrogen) atoms. The van der Waals surface area contributed by atoms with Crippen molar-refractivity contribution < 1.29 is 53.1 Å². The van der Waals surface area contributed by atoms with Gasteiger partial charge in [0.1, 0.15) is 49.0 Å². The highest BCUT2D eigenvalue weighted by atomic mass is 35.5. The second kappa shape index (κ2) is 30.1. The van der Waals surface area contributed by atoms with E-state index >= 15 is 0 Å². The molecule has 4 aromatic carbocycles. The number of nitrogens with two attached hydrogens (primary N) is 1. The first-order valence-electron chi connectivity index (χ1n) is 29.8. The molecule has 13 rings (SSSR count). The van der Waals surface area contributed by atoms with Crippen LogP contribution in [0.4, 0.5) is 48.3 Å². The summed E-state index contributed by atoms with van der Waals surface area (Å²) in [5.74, 6) is -9.97. The molecule has 1 spiro atoms. The summed E-state index contributed by atoms with van der Waals surface area (Å²) in [6, 6.07) is 24.5. The highest BCUT2D eigenvalue weighted by Gasteiger charge is 2.66. The molecule has 4 aliphatic carbocycles. The first-order valence-corrected chi connectivity index (χ1v) is 31.3. The van der Waals surface area contributed by atoms with E-state index in [1.807, 2.05) is 53.7 Å². The number of Topliss-reactive ketones (excluding diaryl/α,β-unsaturated/α-hetero) is 1. The Morgan fingerprint density at radius 3 is 1.10 bits per heavy atom. The third kappa shape index (κ3) is 15.8. The zero-order valence-corrected chi connectivity index (χ0v) is 55.2. The Morgan fingerprint density at radius 1 is 0.480 bits per heavy atom. The van der Waals surface area contributed by atoms with Crippen molar-refractivity contribution in [2.45, 2.75) is 173 Å². The standard InChI is InChI=1S/C17H15ClF3N3.C17H19ClF3N3.C17H15ClFN3O.C15H11ClF3N3.CH3F.3CH4/c1-10(2)15-7-14(11-4-5-13(19)12(18)6-11)23-24(15)17(22-3)8-16(20,21)9-17;1-10(2)15-6-14(11-3-4-13(19)12(18)5-11)23-24(15)16(9-22)7-17(20,21)8-16;1-10(2)16-7-15(11-4-5-14(19)13(18)6-11)21-22(16)17(20-3)8-12(23)9-17;16-11-3-9(1-2-12(11)17)13-4-10-5-20-8-14(22(10)21-13)6-15(18,19)7-14;1-2;;;/h4-7,10H,8-9H2,1-2H3;3-6,10H,7-9,22H2,1-2H3;4-7,10H,8-9H2,1-2H3;1-5H,6-8H2;1H3;3*1H4. The molecule has 5 aliphatic rings. The van der Waals surface area contributed by atoms with Crippen molar-refractivity contribution in [1.29, 1.82) is 0 Å². The molecule has 0 saturated heterocycles. The Labute approximate surface area is 582 Å². The molecule has 8 aromatic rings. The SMILES string of the molecule is C.C.C.CC(C)c1cc(-c2ccc(F)c(Cl)c2)nn1C1(CN)CC(F)(F)C1.CF.Fc1ccc(-c2cc3n(n2)C2(CN=C3)CC(F)(F)C2)cc1Cl.[C-]#[N+]C1(n2nc(-c3ccc(F)c(Cl)c3)cc2C(C)C)CC(=O)C1.[C-]#[N+]C1(n2nc(-c3ccc(F)c(Cl)c3)cc2C(C)C)CC(F)(F)C1. The van der Waals surface area contributed by atoms with E-state index < -0.39 is 76.3 Å². The van der Waals surface area contributed by atoms with E-state index in [2.05, 4.69) is 35.1 Å². The number of hydrogen-bond donors (Lipinski definition) is 1. The molecule has 0 amide bonds. The molecular weight excluding hydrogens is 1380 g/mol. The van der Waals surface area contributed by atoms with Gasteiger partial charge < -0.3 is 5.73 Å². The summed E-state index contributed by atoms with van der Waals surface area (Å²) in [5.41, 5.74) is 9.80. The molecule has 2 N–H and O–H groups in total. The lowest BCUT2D eigenvalue weighted by Crippen LogP contribution is -2.58. The molecule has 526 valence electrons. The van der Waals surface area contributed by atoms with Crippen molar-refractivity contribution in [2.75, 3.05) is 20.3 Å². The van der Waals surface area contributed by atoms with Gasteiger partial charge in [0.05, 0.1) is 73.4 Å². The van der Waals surface area contributed by atoms with E-state index in [9.17, 15) is 53.1 Å². The average Bonchev–Trinajstić information content (AvgIpc) is 1.47. The van der Waals surface area contributed by atoms with Gasteiger partial charge in [-0.3, -0.25) is 33.2 Å². The molecule has 1 aliphatic heterocycles. The van der Waals surface area contributed by atoms with Crippen molar-refractivity contribution >= 4 is 58.4 Å². The van der Waals surface area contributed by atoms with Crippen LogP contribution in [0.2, 0.25) is 20.1 Å². The zero-order valence-electron chi connectivity index (χ0n) is 52.2. The molecule has 4 aromatic heterocycles. The van der Waals surface area contributed by atoms with Crippen LogP contribution in [0.1, 0.15) is 156 Å². The molecule has 0 unspecified atom stereocenters. The second-order valence-electron chi connectivity index (χ2n) is 25.3. The van der Waals surface area contributed by atoms with E-state index in [1.165, 1.54) is 59.3 Å². The molecule has 0 radical (unpaired) electrons. The van der Waals surface area contributed by atoms with Crippen molar-refractivity contribution in [3.05, 3.63) is 186 Å². The minimum atomic E-state index is -2.84. The predicted octanol–water partition coefficient (Wildman–Crippen LogP) is 20.8. The van der Waals surface area contributed by atoms with Gasteiger partial charge in [-0.15, -0.1) is 0 Å². The van der Waals surface area contributed by atoms with E-state index in [0.717, 1.165) is 11.4 Å². The summed E-state index contributed by atoms with van der Waals surface area (Å²) in [5, 5.41) is 17.9. The second-order valence-corrected chi connectivity index (χ2v) is 26.9. The van der Waals surface area contributed by atoms with E-state index in [-0.39, 0.29) is 111 Å². The molecule has 0 atom stereocenters. The van der Waals surface area contributed by atoms with E-state index in [0.29, 0.717) is 70.1 Å². The average molecular weight is 1450 g/mol. The number of carbonyl (C=O) groups is 1. The lowest BCUT2D eigenvalue weighted by molar-refractivity contribution is -0.153.